The Kier molecular flexibility index (Phi) is 4.42. The van der Waals surface area contributed by atoms with Crippen molar-refractivity contribution in [2.45, 2.75) is 20.3 Å². The van der Waals surface area contributed by atoms with Crippen molar-refractivity contribution in [3.05, 3.63) is 59.2 Å². The number of nitrogens with zero attached hydrogens (tertiary/aromatic N) is 1. The number of ether oxygens (including phenoxy) is 1. The summed E-state index contributed by atoms with van der Waals surface area (Å²) in [5.74, 6) is -0.568. The van der Waals surface area contributed by atoms with Crippen LogP contribution in [-0.4, -0.2) is 24.2 Å². The number of hydrogen-bond donors (Lipinski definition) is 1. The van der Waals surface area contributed by atoms with Crippen molar-refractivity contribution in [1.82, 2.24) is 0 Å². The normalized spacial score (nSPS) is 14.4. The molecule has 5 nitrogen and oxygen atoms in total. The average molecular weight is 322 g/mol. The molecule has 2 aromatic carbocycles. The van der Waals surface area contributed by atoms with Gasteiger partial charge in [0.25, 0.3) is 5.91 Å². The molecule has 0 atom stereocenters. The summed E-state index contributed by atoms with van der Waals surface area (Å²) in [5, 5.41) is 2.84. The van der Waals surface area contributed by atoms with Crippen LogP contribution in [0.1, 0.15) is 34.8 Å². The third-order valence-corrected chi connectivity index (χ3v) is 3.76. The Morgan fingerprint density at radius 2 is 1.92 bits per heavy atom. The highest BCUT2D eigenvalue weighted by atomic mass is 16.5. The van der Waals surface area contributed by atoms with E-state index in [9.17, 15) is 9.59 Å². The minimum atomic E-state index is -0.351. The van der Waals surface area contributed by atoms with Crippen LogP contribution in [-0.2, 0) is 9.53 Å². The highest BCUT2D eigenvalue weighted by molar-refractivity contribution is 6.54. The SMILES string of the molecule is CCCOC(=O)c1ccc(N=C2C(=O)Nc3c(C)cccc32)cc1. The summed E-state index contributed by atoms with van der Waals surface area (Å²) < 4.78 is 5.09. The molecule has 0 saturated heterocycles. The van der Waals surface area contributed by atoms with E-state index in [0.717, 1.165) is 23.2 Å². The predicted molar refractivity (Wildman–Crippen MR) is 93.0 cm³/mol. The van der Waals surface area contributed by atoms with Gasteiger partial charge in [-0.2, -0.15) is 0 Å². The molecule has 0 saturated carbocycles. The van der Waals surface area contributed by atoms with Crippen molar-refractivity contribution in [2.24, 2.45) is 4.99 Å². The molecular weight excluding hydrogens is 304 g/mol. The molecule has 5 heteroatoms. The number of para-hydroxylation sites is 1. The van der Waals surface area contributed by atoms with Gasteiger partial charge in [0.2, 0.25) is 0 Å². The van der Waals surface area contributed by atoms with Gasteiger partial charge in [0, 0.05) is 5.56 Å². The largest absolute Gasteiger partial charge is 0.462 e. The van der Waals surface area contributed by atoms with Gasteiger partial charge < -0.3 is 10.1 Å². The summed E-state index contributed by atoms with van der Waals surface area (Å²) >= 11 is 0. The number of nitrogens with one attached hydrogen (secondary N) is 1. The predicted octanol–water partition coefficient (Wildman–Crippen LogP) is 3.63. The van der Waals surface area contributed by atoms with Gasteiger partial charge in [-0.25, -0.2) is 9.79 Å². The molecule has 0 spiro atoms. The van der Waals surface area contributed by atoms with E-state index in [2.05, 4.69) is 10.3 Å². The highest BCUT2D eigenvalue weighted by Gasteiger charge is 2.26. The van der Waals surface area contributed by atoms with Gasteiger partial charge in [-0.1, -0.05) is 25.1 Å². The molecule has 1 heterocycles. The number of anilines is 1. The number of fused-ring (bicyclic) bond motifs is 1. The standard InChI is InChI=1S/C19H18N2O3/c1-3-11-24-19(23)13-7-9-14(10-8-13)20-17-15-6-4-5-12(2)16(15)21-18(17)22/h4-10H,3,11H2,1-2H3,(H,20,21,22). The first kappa shape index (κ1) is 15.9. The number of benzene rings is 2. The molecule has 0 aliphatic carbocycles. The second-order valence-electron chi connectivity index (χ2n) is 5.59. The topological polar surface area (TPSA) is 67.8 Å². The van der Waals surface area contributed by atoms with Crippen LogP contribution < -0.4 is 5.32 Å². The van der Waals surface area contributed by atoms with Crippen molar-refractivity contribution in [2.75, 3.05) is 11.9 Å². The van der Waals surface area contributed by atoms with Crippen molar-refractivity contribution in [1.29, 1.82) is 0 Å². The van der Waals surface area contributed by atoms with E-state index in [4.69, 9.17) is 4.74 Å². The fourth-order valence-corrected chi connectivity index (χ4v) is 2.52. The molecule has 0 unspecified atom stereocenters. The van der Waals surface area contributed by atoms with E-state index in [0.29, 0.717) is 23.6 Å². The van der Waals surface area contributed by atoms with Crippen LogP contribution in [0.15, 0.2) is 47.5 Å². The number of amides is 1. The summed E-state index contributed by atoms with van der Waals surface area (Å²) in [4.78, 5) is 28.4. The zero-order valence-corrected chi connectivity index (χ0v) is 13.6. The van der Waals surface area contributed by atoms with E-state index in [1.165, 1.54) is 0 Å². The number of carbonyl (C=O) groups excluding carboxylic acids is 2. The first-order valence-corrected chi connectivity index (χ1v) is 7.87. The van der Waals surface area contributed by atoms with E-state index in [1.54, 1.807) is 24.3 Å². The molecule has 24 heavy (non-hydrogen) atoms. The Labute approximate surface area is 140 Å². The fourth-order valence-electron chi connectivity index (χ4n) is 2.52. The Hall–Kier alpha value is -2.95. The molecular formula is C19H18N2O3. The first-order valence-electron chi connectivity index (χ1n) is 7.87. The molecule has 3 rings (SSSR count). The van der Waals surface area contributed by atoms with E-state index in [1.807, 2.05) is 32.0 Å². The monoisotopic (exact) mass is 322 g/mol. The van der Waals surface area contributed by atoms with Gasteiger partial charge in [0.15, 0.2) is 0 Å². The zero-order valence-electron chi connectivity index (χ0n) is 13.6. The summed E-state index contributed by atoms with van der Waals surface area (Å²) in [6.45, 7) is 4.29. The van der Waals surface area contributed by atoms with Crippen LogP contribution in [0.3, 0.4) is 0 Å². The maximum Gasteiger partial charge on any atom is 0.338 e. The summed E-state index contributed by atoms with van der Waals surface area (Å²) in [6, 6.07) is 12.4. The molecule has 122 valence electrons. The van der Waals surface area contributed by atoms with Crippen LogP contribution in [0.4, 0.5) is 11.4 Å². The lowest BCUT2D eigenvalue weighted by Crippen LogP contribution is -2.14. The van der Waals surface area contributed by atoms with Gasteiger partial charge in [0.05, 0.1) is 23.5 Å². The number of carbonyl (C=O) groups is 2. The smallest absolute Gasteiger partial charge is 0.338 e. The van der Waals surface area contributed by atoms with Crippen LogP contribution in [0.5, 0.6) is 0 Å². The maximum absolute atomic E-state index is 12.2. The highest BCUT2D eigenvalue weighted by Crippen LogP contribution is 2.28. The minimum Gasteiger partial charge on any atom is -0.462 e. The zero-order chi connectivity index (χ0) is 17.1. The molecule has 1 aliphatic heterocycles. The quantitative estimate of drug-likeness (QED) is 0.874. The third kappa shape index (κ3) is 3.06. The summed E-state index contributed by atoms with van der Waals surface area (Å²) in [6.07, 6.45) is 0.783. The van der Waals surface area contributed by atoms with Crippen molar-refractivity contribution in [3.63, 3.8) is 0 Å². The Morgan fingerprint density at radius 3 is 2.62 bits per heavy atom. The number of hydrogen-bond acceptors (Lipinski definition) is 4. The molecule has 0 radical (unpaired) electrons. The molecule has 2 aromatic rings. The Bertz CT molecular complexity index is 823. The Morgan fingerprint density at radius 1 is 1.17 bits per heavy atom. The lowest BCUT2D eigenvalue weighted by molar-refractivity contribution is -0.110. The van der Waals surface area contributed by atoms with Gasteiger partial charge in [-0.05, 0) is 43.2 Å². The second kappa shape index (κ2) is 6.66. The minimum absolute atomic E-state index is 0.217. The molecule has 1 aliphatic rings. The molecule has 1 amide bonds. The molecule has 0 fully saturated rings. The van der Waals surface area contributed by atoms with Gasteiger partial charge in [-0.15, -0.1) is 0 Å². The van der Waals surface area contributed by atoms with Crippen LogP contribution >= 0.6 is 0 Å². The van der Waals surface area contributed by atoms with E-state index >= 15 is 0 Å². The van der Waals surface area contributed by atoms with Crippen LogP contribution in [0.25, 0.3) is 0 Å². The lowest BCUT2D eigenvalue weighted by atomic mass is 10.1. The maximum atomic E-state index is 12.2. The van der Waals surface area contributed by atoms with Crippen LogP contribution in [0, 0.1) is 6.92 Å². The van der Waals surface area contributed by atoms with Gasteiger partial charge in [0.1, 0.15) is 5.71 Å². The Balaban J connectivity index is 1.86. The third-order valence-electron chi connectivity index (χ3n) is 3.76. The van der Waals surface area contributed by atoms with Crippen molar-refractivity contribution in [3.8, 4) is 0 Å². The molecule has 0 bridgehead atoms. The molecule has 0 aromatic heterocycles. The number of esters is 1. The summed E-state index contributed by atoms with van der Waals surface area (Å²) in [5.41, 5.74) is 4.07. The fraction of sp³-hybridized carbons (Fsp3) is 0.211. The number of aryl methyl sites for hydroxylation is 1. The summed E-state index contributed by atoms with van der Waals surface area (Å²) in [7, 11) is 0. The average Bonchev–Trinajstić information content (AvgIpc) is 2.91. The first-order chi connectivity index (χ1) is 11.6. The van der Waals surface area contributed by atoms with Crippen LogP contribution in [0.2, 0.25) is 0 Å². The van der Waals surface area contributed by atoms with E-state index in [-0.39, 0.29) is 11.9 Å². The second-order valence-corrected chi connectivity index (χ2v) is 5.59. The number of rotatable bonds is 4. The van der Waals surface area contributed by atoms with E-state index < -0.39 is 0 Å². The van der Waals surface area contributed by atoms with Crippen molar-refractivity contribution < 1.29 is 14.3 Å². The molecule has 1 N–H and O–H groups in total. The lowest BCUT2D eigenvalue weighted by Gasteiger charge is -2.03. The van der Waals surface area contributed by atoms with Gasteiger partial charge in [-0.3, -0.25) is 4.79 Å². The number of aliphatic imine (C=N–C) groups is 1. The van der Waals surface area contributed by atoms with Crippen molar-refractivity contribution >= 4 is 29.0 Å². The van der Waals surface area contributed by atoms with Gasteiger partial charge >= 0.3 is 5.97 Å².